The Morgan fingerprint density at radius 3 is 2.14 bits per heavy atom. The van der Waals surface area contributed by atoms with Crippen molar-refractivity contribution in [1.29, 1.82) is 0 Å². The third-order valence-corrected chi connectivity index (χ3v) is 1.12. The van der Waals surface area contributed by atoms with Crippen molar-refractivity contribution in [2.45, 2.75) is 4.83 Å². The molecule has 0 aromatic carbocycles. The minimum atomic E-state index is 0.279. The van der Waals surface area contributed by atoms with Crippen LogP contribution in [0.4, 0.5) is 0 Å². The van der Waals surface area contributed by atoms with Crippen molar-refractivity contribution >= 4 is 15.9 Å². The van der Waals surface area contributed by atoms with Gasteiger partial charge in [0.15, 0.2) is 0 Å². The highest BCUT2D eigenvalue weighted by molar-refractivity contribution is 9.09. The Balaban J connectivity index is 2.12. The van der Waals surface area contributed by atoms with Gasteiger partial charge in [-0.3, -0.25) is 0 Å². The van der Waals surface area contributed by atoms with Crippen LogP contribution in [0.25, 0.3) is 0 Å². The Bertz CT molecular complexity index is 52.1. The topological polar surface area (TPSA) is 27.7 Å². The number of hydrogen-bond donors (Lipinski definition) is 0. The Morgan fingerprint density at radius 1 is 1.29 bits per heavy atom. The normalized spacial score (nSPS) is 25.3. The third-order valence-electron chi connectivity index (χ3n) is 0.594. The van der Waals surface area contributed by atoms with E-state index in [4.69, 9.17) is 0 Å². The number of rotatable bonds is 0. The van der Waals surface area contributed by atoms with Crippen molar-refractivity contribution in [2.24, 2.45) is 0 Å². The zero-order valence-electron chi connectivity index (χ0n) is 3.59. The molecule has 0 N–H and O–H groups in total. The highest BCUT2D eigenvalue weighted by atomic mass is 79.9. The highest BCUT2D eigenvalue weighted by Gasteiger charge is 2.10. The minimum Gasteiger partial charge on any atom is -0.205 e. The summed E-state index contributed by atoms with van der Waals surface area (Å²) in [6.45, 7) is 1.11. The summed E-state index contributed by atoms with van der Waals surface area (Å²) >= 11 is 3.26. The van der Waals surface area contributed by atoms with Crippen LogP contribution in [-0.2, 0) is 14.8 Å². The first-order chi connectivity index (χ1) is 3.39. The molecule has 0 saturated carbocycles. The van der Waals surface area contributed by atoms with Gasteiger partial charge in [-0.05, 0) is 0 Å². The van der Waals surface area contributed by atoms with Crippen LogP contribution >= 0.6 is 15.9 Å². The van der Waals surface area contributed by atoms with Gasteiger partial charge in [-0.2, -0.15) is 0 Å². The van der Waals surface area contributed by atoms with E-state index in [1.807, 2.05) is 0 Å². The van der Waals surface area contributed by atoms with E-state index in [0.717, 1.165) is 0 Å². The van der Waals surface area contributed by atoms with Gasteiger partial charge in [0.1, 0.15) is 13.2 Å². The first-order valence-electron chi connectivity index (χ1n) is 1.95. The van der Waals surface area contributed by atoms with Crippen LogP contribution in [0.2, 0.25) is 0 Å². The average molecular weight is 169 g/mol. The minimum absolute atomic E-state index is 0.279. The SMILES string of the molecule is BrC1COOOC1. The maximum Gasteiger partial charge on any atom is 0.100 e. The van der Waals surface area contributed by atoms with E-state index in [0.29, 0.717) is 13.2 Å². The van der Waals surface area contributed by atoms with Crippen LogP contribution in [0.3, 0.4) is 0 Å². The Morgan fingerprint density at radius 2 is 1.86 bits per heavy atom. The number of hydrogen-bond acceptors (Lipinski definition) is 3. The lowest BCUT2D eigenvalue weighted by atomic mass is 10.5. The first-order valence-corrected chi connectivity index (χ1v) is 2.86. The van der Waals surface area contributed by atoms with Gasteiger partial charge in [-0.25, -0.2) is 9.78 Å². The zero-order valence-corrected chi connectivity index (χ0v) is 5.18. The van der Waals surface area contributed by atoms with Crippen molar-refractivity contribution in [2.75, 3.05) is 13.2 Å². The van der Waals surface area contributed by atoms with E-state index in [-0.39, 0.29) is 4.83 Å². The summed E-state index contributed by atoms with van der Waals surface area (Å²) in [5.74, 6) is 0. The molecule has 1 saturated heterocycles. The van der Waals surface area contributed by atoms with E-state index < -0.39 is 0 Å². The largest absolute Gasteiger partial charge is 0.205 e. The van der Waals surface area contributed by atoms with Crippen LogP contribution in [0.1, 0.15) is 0 Å². The Hall–Kier alpha value is 0.360. The lowest BCUT2D eigenvalue weighted by molar-refractivity contribution is -0.530. The third kappa shape index (κ3) is 1.73. The second-order valence-corrected chi connectivity index (χ2v) is 2.53. The fourth-order valence-corrected chi connectivity index (χ4v) is 0.501. The molecule has 0 aliphatic carbocycles. The Kier molecular flexibility index (Phi) is 2.05. The van der Waals surface area contributed by atoms with Gasteiger partial charge >= 0.3 is 0 Å². The van der Waals surface area contributed by atoms with Gasteiger partial charge in [0.25, 0.3) is 0 Å². The Labute approximate surface area is 49.5 Å². The predicted molar refractivity (Wildman–Crippen MR) is 25.7 cm³/mol. The van der Waals surface area contributed by atoms with Gasteiger partial charge in [-0.15, -0.1) is 0 Å². The molecule has 0 aromatic rings. The summed E-state index contributed by atoms with van der Waals surface area (Å²) in [4.78, 5) is 9.10. The molecule has 1 aliphatic rings. The van der Waals surface area contributed by atoms with Crippen LogP contribution in [0.15, 0.2) is 0 Å². The fraction of sp³-hybridized carbons (Fsp3) is 1.00. The summed E-state index contributed by atoms with van der Waals surface area (Å²) in [5, 5.41) is 4.11. The van der Waals surface area contributed by atoms with E-state index >= 15 is 0 Å². The fourth-order valence-electron chi connectivity index (χ4n) is 0.285. The van der Waals surface area contributed by atoms with Crippen molar-refractivity contribution in [1.82, 2.24) is 0 Å². The molecule has 0 unspecified atom stereocenters. The van der Waals surface area contributed by atoms with E-state index in [1.54, 1.807) is 0 Å². The summed E-state index contributed by atoms with van der Waals surface area (Å²) < 4.78 is 0. The molecule has 3 nitrogen and oxygen atoms in total. The van der Waals surface area contributed by atoms with Gasteiger partial charge in [0.2, 0.25) is 0 Å². The molecule has 0 aromatic heterocycles. The van der Waals surface area contributed by atoms with Crippen LogP contribution in [0.5, 0.6) is 0 Å². The molecule has 0 atom stereocenters. The second kappa shape index (κ2) is 2.61. The molecule has 0 amide bonds. The lowest BCUT2D eigenvalue weighted by Crippen LogP contribution is -2.21. The lowest BCUT2D eigenvalue weighted by Gasteiger charge is -2.13. The molecule has 0 radical (unpaired) electrons. The van der Waals surface area contributed by atoms with E-state index in [1.165, 1.54) is 0 Å². The summed E-state index contributed by atoms with van der Waals surface area (Å²) in [6, 6.07) is 0. The van der Waals surface area contributed by atoms with Crippen molar-refractivity contribution < 1.29 is 14.8 Å². The van der Waals surface area contributed by atoms with Gasteiger partial charge in [-0.1, -0.05) is 21.0 Å². The summed E-state index contributed by atoms with van der Waals surface area (Å²) in [6.07, 6.45) is 0. The molecule has 7 heavy (non-hydrogen) atoms. The molecule has 4 heteroatoms. The smallest absolute Gasteiger partial charge is 0.100 e. The van der Waals surface area contributed by atoms with Gasteiger partial charge in [0.05, 0.1) is 4.83 Å². The van der Waals surface area contributed by atoms with Crippen molar-refractivity contribution in [3.05, 3.63) is 0 Å². The molecular weight excluding hydrogens is 164 g/mol. The quantitative estimate of drug-likeness (QED) is 0.393. The molecule has 1 heterocycles. The van der Waals surface area contributed by atoms with Crippen molar-refractivity contribution in [3.63, 3.8) is 0 Å². The maximum atomic E-state index is 4.41. The molecular formula is C3H5BrO3. The monoisotopic (exact) mass is 168 g/mol. The van der Waals surface area contributed by atoms with E-state index in [9.17, 15) is 0 Å². The average Bonchev–Trinajstić information content (AvgIpc) is 1.69. The van der Waals surface area contributed by atoms with Crippen LogP contribution < -0.4 is 0 Å². The molecule has 1 aliphatic heterocycles. The highest BCUT2D eigenvalue weighted by Crippen LogP contribution is 2.05. The number of alkyl halides is 1. The molecule has 1 fully saturated rings. The summed E-state index contributed by atoms with van der Waals surface area (Å²) in [5.41, 5.74) is 0. The predicted octanol–water partition coefficient (Wildman–Crippen LogP) is 0.643. The number of halogens is 1. The summed E-state index contributed by atoms with van der Waals surface area (Å²) in [7, 11) is 0. The van der Waals surface area contributed by atoms with Gasteiger partial charge < -0.3 is 0 Å². The molecule has 1 rings (SSSR count). The molecule has 0 spiro atoms. The van der Waals surface area contributed by atoms with Gasteiger partial charge in [0, 0.05) is 0 Å². The van der Waals surface area contributed by atoms with Crippen LogP contribution in [-0.4, -0.2) is 18.0 Å². The van der Waals surface area contributed by atoms with Crippen LogP contribution in [0, 0.1) is 0 Å². The standard InChI is InChI=1S/C3H5BrO3/c4-3-1-5-7-6-2-3/h3H,1-2H2. The molecule has 0 bridgehead atoms. The van der Waals surface area contributed by atoms with Crippen molar-refractivity contribution in [3.8, 4) is 0 Å². The molecule has 42 valence electrons. The second-order valence-electron chi connectivity index (χ2n) is 1.23. The first kappa shape index (κ1) is 5.50. The van der Waals surface area contributed by atoms with E-state index in [2.05, 4.69) is 30.7 Å². The zero-order chi connectivity index (χ0) is 5.11. The maximum absolute atomic E-state index is 4.41.